The molecule has 126 valence electrons. The number of anilines is 2. The molecule has 0 unspecified atom stereocenters. The predicted octanol–water partition coefficient (Wildman–Crippen LogP) is 2.54. The number of hydrogen-bond donors (Lipinski definition) is 2. The number of aliphatic hydroxyl groups is 1. The second-order valence-electron chi connectivity index (χ2n) is 7.22. The van der Waals surface area contributed by atoms with Crippen molar-refractivity contribution in [2.24, 2.45) is 0 Å². The maximum Gasteiger partial charge on any atom is 0.206 e. The van der Waals surface area contributed by atoms with E-state index in [4.69, 9.17) is 10.7 Å². The zero-order valence-corrected chi connectivity index (χ0v) is 14.2. The van der Waals surface area contributed by atoms with Crippen molar-refractivity contribution in [1.82, 2.24) is 14.5 Å². The largest absolute Gasteiger partial charge is 0.389 e. The minimum atomic E-state index is -0.846. The maximum absolute atomic E-state index is 10.4. The van der Waals surface area contributed by atoms with Crippen molar-refractivity contribution < 1.29 is 5.11 Å². The average Bonchev–Trinajstić information content (AvgIpc) is 3.14. The molecule has 6 nitrogen and oxygen atoms in total. The van der Waals surface area contributed by atoms with Crippen LogP contribution in [0.1, 0.15) is 26.7 Å². The van der Waals surface area contributed by atoms with Gasteiger partial charge in [0.1, 0.15) is 5.52 Å². The highest BCUT2D eigenvalue weighted by atomic mass is 16.3. The number of pyridine rings is 1. The Bertz CT molecular complexity index is 903. The minimum Gasteiger partial charge on any atom is -0.389 e. The second-order valence-corrected chi connectivity index (χ2v) is 7.22. The number of rotatable bonds is 3. The fourth-order valence-corrected chi connectivity index (χ4v) is 3.54. The highest BCUT2D eigenvalue weighted by Crippen LogP contribution is 2.33. The SMILES string of the molecule is CC(C)(O)Cn1c(N2CCCC2)nc2c(N)nc3ccccc3c21. The molecule has 0 saturated carbocycles. The van der Waals surface area contributed by atoms with Gasteiger partial charge in [-0.05, 0) is 32.8 Å². The third kappa shape index (κ3) is 2.47. The van der Waals surface area contributed by atoms with Crippen molar-refractivity contribution in [2.75, 3.05) is 23.7 Å². The van der Waals surface area contributed by atoms with E-state index in [9.17, 15) is 5.11 Å². The van der Waals surface area contributed by atoms with Gasteiger partial charge in [-0.15, -0.1) is 0 Å². The molecule has 2 aromatic heterocycles. The van der Waals surface area contributed by atoms with E-state index < -0.39 is 5.60 Å². The topological polar surface area (TPSA) is 80.2 Å². The molecule has 3 aromatic rings. The van der Waals surface area contributed by atoms with E-state index in [2.05, 4.69) is 14.5 Å². The summed E-state index contributed by atoms with van der Waals surface area (Å²) in [5.41, 5.74) is 7.89. The van der Waals surface area contributed by atoms with E-state index in [-0.39, 0.29) is 0 Å². The van der Waals surface area contributed by atoms with Gasteiger partial charge in [-0.2, -0.15) is 0 Å². The van der Waals surface area contributed by atoms with Gasteiger partial charge in [-0.1, -0.05) is 18.2 Å². The lowest BCUT2D eigenvalue weighted by Gasteiger charge is -2.24. The molecule has 6 heteroatoms. The number of imidazole rings is 1. The van der Waals surface area contributed by atoms with Crippen LogP contribution in [0.15, 0.2) is 24.3 Å². The quantitative estimate of drug-likeness (QED) is 0.773. The van der Waals surface area contributed by atoms with Crippen LogP contribution in [0.2, 0.25) is 0 Å². The van der Waals surface area contributed by atoms with Gasteiger partial charge in [-0.3, -0.25) is 0 Å². The predicted molar refractivity (Wildman–Crippen MR) is 97.2 cm³/mol. The number of hydrogen-bond acceptors (Lipinski definition) is 5. The van der Waals surface area contributed by atoms with Crippen molar-refractivity contribution in [3.05, 3.63) is 24.3 Å². The fourth-order valence-electron chi connectivity index (χ4n) is 3.54. The molecule has 3 heterocycles. The Hall–Kier alpha value is -2.34. The third-order valence-electron chi connectivity index (χ3n) is 4.52. The van der Waals surface area contributed by atoms with Gasteiger partial charge < -0.3 is 20.3 Å². The Morgan fingerprint density at radius 2 is 1.88 bits per heavy atom. The zero-order valence-electron chi connectivity index (χ0n) is 14.2. The number of nitrogens with zero attached hydrogens (tertiary/aromatic N) is 4. The molecule has 0 bridgehead atoms. The van der Waals surface area contributed by atoms with Crippen molar-refractivity contribution >= 4 is 33.7 Å². The standard InChI is InChI=1S/C18H23N5O/c1-18(2,24)11-23-15-12-7-3-4-8-13(12)20-16(19)14(15)21-17(23)22-9-5-6-10-22/h3-4,7-8,24H,5-6,9-11H2,1-2H3,(H2,19,20). The molecule has 1 saturated heterocycles. The molecule has 1 aliphatic rings. The van der Waals surface area contributed by atoms with Gasteiger partial charge in [0, 0.05) is 18.5 Å². The molecule has 0 amide bonds. The fraction of sp³-hybridized carbons (Fsp3) is 0.444. The van der Waals surface area contributed by atoms with Gasteiger partial charge in [0.15, 0.2) is 5.82 Å². The Balaban J connectivity index is 2.06. The van der Waals surface area contributed by atoms with E-state index >= 15 is 0 Å². The van der Waals surface area contributed by atoms with Gasteiger partial charge in [0.25, 0.3) is 0 Å². The Kier molecular flexibility index (Phi) is 3.38. The van der Waals surface area contributed by atoms with Crippen LogP contribution in [-0.4, -0.2) is 38.3 Å². The summed E-state index contributed by atoms with van der Waals surface area (Å²) in [7, 11) is 0. The molecule has 0 radical (unpaired) electrons. The molecule has 3 N–H and O–H groups in total. The summed E-state index contributed by atoms with van der Waals surface area (Å²) in [4.78, 5) is 11.6. The van der Waals surface area contributed by atoms with Crippen LogP contribution in [0.25, 0.3) is 21.9 Å². The van der Waals surface area contributed by atoms with Crippen LogP contribution in [0, 0.1) is 0 Å². The number of benzene rings is 1. The van der Waals surface area contributed by atoms with E-state index in [1.807, 2.05) is 38.1 Å². The smallest absolute Gasteiger partial charge is 0.206 e. The van der Waals surface area contributed by atoms with Crippen LogP contribution in [-0.2, 0) is 6.54 Å². The van der Waals surface area contributed by atoms with Crippen molar-refractivity contribution in [1.29, 1.82) is 0 Å². The number of fused-ring (bicyclic) bond motifs is 3. The molecule has 1 aromatic carbocycles. The van der Waals surface area contributed by atoms with Gasteiger partial charge in [-0.25, -0.2) is 9.97 Å². The van der Waals surface area contributed by atoms with Gasteiger partial charge >= 0.3 is 0 Å². The van der Waals surface area contributed by atoms with Crippen LogP contribution in [0.5, 0.6) is 0 Å². The molecule has 24 heavy (non-hydrogen) atoms. The summed E-state index contributed by atoms with van der Waals surface area (Å²) in [5, 5.41) is 11.5. The molecule has 1 fully saturated rings. The second kappa shape index (κ2) is 5.34. The first-order valence-corrected chi connectivity index (χ1v) is 8.46. The molecular weight excluding hydrogens is 302 g/mol. The van der Waals surface area contributed by atoms with E-state index in [0.29, 0.717) is 12.4 Å². The van der Waals surface area contributed by atoms with Crippen molar-refractivity contribution in [2.45, 2.75) is 38.8 Å². The van der Waals surface area contributed by atoms with Crippen LogP contribution in [0.3, 0.4) is 0 Å². The lowest BCUT2D eigenvalue weighted by molar-refractivity contribution is 0.0631. The molecule has 0 atom stereocenters. The number of para-hydroxylation sites is 1. The molecule has 4 rings (SSSR count). The number of nitrogens with two attached hydrogens (primary N) is 1. The first kappa shape index (κ1) is 15.2. The van der Waals surface area contributed by atoms with Crippen LogP contribution >= 0.6 is 0 Å². The molecule has 0 aliphatic carbocycles. The molecular formula is C18H23N5O. The van der Waals surface area contributed by atoms with Gasteiger partial charge in [0.2, 0.25) is 5.95 Å². The van der Waals surface area contributed by atoms with Crippen molar-refractivity contribution in [3.8, 4) is 0 Å². The van der Waals surface area contributed by atoms with Crippen LogP contribution < -0.4 is 10.6 Å². The summed E-state index contributed by atoms with van der Waals surface area (Å²) in [6.45, 7) is 6.07. The molecule has 0 spiro atoms. The van der Waals surface area contributed by atoms with Gasteiger partial charge in [0.05, 0.1) is 23.2 Å². The summed E-state index contributed by atoms with van der Waals surface area (Å²) in [6, 6.07) is 7.96. The van der Waals surface area contributed by atoms with E-state index in [0.717, 1.165) is 41.0 Å². The minimum absolute atomic E-state index is 0.443. The van der Waals surface area contributed by atoms with E-state index in [1.54, 1.807) is 0 Å². The summed E-state index contributed by atoms with van der Waals surface area (Å²) < 4.78 is 2.11. The Labute approximate surface area is 140 Å². The maximum atomic E-state index is 10.4. The highest BCUT2D eigenvalue weighted by Gasteiger charge is 2.26. The normalized spacial score (nSPS) is 15.7. The lowest BCUT2D eigenvalue weighted by Crippen LogP contribution is -2.30. The monoisotopic (exact) mass is 325 g/mol. The number of nitrogen functional groups attached to an aromatic ring is 1. The number of aromatic nitrogens is 3. The van der Waals surface area contributed by atoms with Crippen molar-refractivity contribution in [3.63, 3.8) is 0 Å². The Morgan fingerprint density at radius 3 is 2.58 bits per heavy atom. The van der Waals surface area contributed by atoms with Crippen LogP contribution in [0.4, 0.5) is 11.8 Å². The van der Waals surface area contributed by atoms with E-state index in [1.165, 1.54) is 12.8 Å². The first-order valence-electron chi connectivity index (χ1n) is 8.46. The first-order chi connectivity index (χ1) is 11.4. The Morgan fingerprint density at radius 1 is 1.17 bits per heavy atom. The summed E-state index contributed by atoms with van der Waals surface area (Å²) in [6.07, 6.45) is 2.33. The highest BCUT2D eigenvalue weighted by molar-refractivity contribution is 6.07. The summed E-state index contributed by atoms with van der Waals surface area (Å²) >= 11 is 0. The summed E-state index contributed by atoms with van der Waals surface area (Å²) in [5.74, 6) is 1.33. The molecule has 1 aliphatic heterocycles. The lowest BCUT2D eigenvalue weighted by atomic mass is 10.1. The average molecular weight is 325 g/mol. The third-order valence-corrected chi connectivity index (χ3v) is 4.52. The zero-order chi connectivity index (χ0) is 16.9.